The molecule has 2 N–H and O–H groups in total. The van der Waals surface area contributed by atoms with Crippen molar-refractivity contribution in [2.75, 3.05) is 0 Å². The first-order valence-corrected chi connectivity index (χ1v) is 9.22. The maximum atomic E-state index is 11.8. The van der Waals surface area contributed by atoms with Crippen LogP contribution in [0.5, 0.6) is 0 Å². The molecule has 0 radical (unpaired) electrons. The third-order valence-electron chi connectivity index (χ3n) is 3.28. The van der Waals surface area contributed by atoms with Gasteiger partial charge in [0.25, 0.3) is 20.2 Å². The first-order valence-electron chi connectivity index (χ1n) is 6.34. The molecule has 0 unspecified atom stereocenters. The van der Waals surface area contributed by atoms with Gasteiger partial charge in [0.05, 0.1) is 0 Å². The summed E-state index contributed by atoms with van der Waals surface area (Å²) in [5.41, 5.74) is -0.657. The summed E-state index contributed by atoms with van der Waals surface area (Å²) < 4.78 is 66.2. The Balaban J connectivity index is 0.00000264. The zero-order valence-corrected chi connectivity index (χ0v) is 13.9. The fourth-order valence-corrected chi connectivity index (χ4v) is 4.79. The van der Waals surface area contributed by atoms with Crippen molar-refractivity contribution in [3.8, 4) is 0 Å². The van der Waals surface area contributed by atoms with Crippen LogP contribution in [0.2, 0.25) is 0 Å². The molecule has 0 saturated heterocycles. The van der Waals surface area contributed by atoms with Crippen LogP contribution in [-0.4, -0.2) is 55.5 Å². The van der Waals surface area contributed by atoms with Crippen LogP contribution >= 0.6 is 0 Å². The topological polar surface area (TPSA) is 109 Å². The van der Waals surface area contributed by atoms with E-state index in [9.17, 15) is 25.9 Å². The first kappa shape index (κ1) is 20.6. The minimum atomic E-state index is -4.87. The van der Waals surface area contributed by atoms with Gasteiger partial charge in [-0.2, -0.15) is 16.8 Å². The van der Waals surface area contributed by atoms with Crippen molar-refractivity contribution in [3.05, 3.63) is 35.9 Å². The second kappa shape index (κ2) is 6.44. The van der Waals surface area contributed by atoms with Crippen LogP contribution in [-0.2, 0) is 25.7 Å². The van der Waals surface area contributed by atoms with Gasteiger partial charge in [-0.1, -0.05) is 45.0 Å². The van der Waals surface area contributed by atoms with Crippen molar-refractivity contribution in [2.24, 2.45) is 0 Å². The van der Waals surface area contributed by atoms with Gasteiger partial charge in [-0.15, -0.1) is 0 Å². The number of hydrogen-bond donors (Lipinski definition) is 2. The predicted octanol–water partition coefficient (Wildman–Crippen LogP) is 1.98. The van der Waals surface area contributed by atoms with Crippen LogP contribution in [0.4, 0.5) is 0 Å². The van der Waals surface area contributed by atoms with E-state index >= 15 is 0 Å². The Morgan fingerprint density at radius 2 is 1.35 bits per heavy atom. The molecular weight excluding hydrogens is 351 g/mol. The molecule has 0 amide bonds. The monoisotopic (exact) mass is 368 g/mol. The second-order valence-electron chi connectivity index (χ2n) is 6.00. The zero-order chi connectivity index (χ0) is 16.9. The summed E-state index contributed by atoms with van der Waals surface area (Å²) in [6.07, 6.45) is 0. The second-order valence-corrected chi connectivity index (χ2v) is 8.72. The number of benzene rings is 2. The van der Waals surface area contributed by atoms with E-state index in [1.807, 2.05) is 0 Å². The van der Waals surface area contributed by atoms with Gasteiger partial charge in [0.15, 0.2) is 0 Å². The molecule has 0 heterocycles. The van der Waals surface area contributed by atoms with E-state index in [4.69, 9.17) is 0 Å². The van der Waals surface area contributed by atoms with E-state index in [1.165, 1.54) is 18.2 Å². The molecule has 0 aliphatic heterocycles. The normalized spacial score (nSPS) is 12.9. The first-order chi connectivity index (χ1) is 9.83. The molecule has 0 aromatic heterocycles. The molecule has 0 aliphatic rings. The molecule has 23 heavy (non-hydrogen) atoms. The summed E-state index contributed by atoms with van der Waals surface area (Å²) in [6, 6.07) is 7.66. The fraction of sp³-hybridized carbons (Fsp3) is 0.286. The summed E-state index contributed by atoms with van der Waals surface area (Å²) in [5, 5.41) is 0.484. The van der Waals surface area contributed by atoms with E-state index in [0.717, 1.165) is 0 Å². The van der Waals surface area contributed by atoms with Gasteiger partial charge >= 0.3 is 29.6 Å². The molecule has 9 heteroatoms. The van der Waals surface area contributed by atoms with Gasteiger partial charge in [0, 0.05) is 5.39 Å². The van der Waals surface area contributed by atoms with Crippen molar-refractivity contribution in [1.82, 2.24) is 0 Å². The summed E-state index contributed by atoms with van der Waals surface area (Å²) in [7, 11) is -9.73. The standard InChI is InChI=1S/C14H16O6S2.Na.H/c1-14(2,3)11-8-9-6-4-5-7-10(9)12(21(15,16)17)13(11)22(18,19)20;;/h4-8H,1-3H3,(H,15,16,17)(H,18,19,20);;. The molecule has 0 aliphatic carbocycles. The van der Waals surface area contributed by atoms with Gasteiger partial charge in [-0.3, -0.25) is 9.11 Å². The van der Waals surface area contributed by atoms with Gasteiger partial charge in [0.2, 0.25) is 0 Å². The Morgan fingerprint density at radius 1 is 0.870 bits per heavy atom. The molecule has 2 rings (SSSR count). The maximum absolute atomic E-state index is 11.8. The van der Waals surface area contributed by atoms with Gasteiger partial charge < -0.3 is 0 Å². The van der Waals surface area contributed by atoms with Crippen LogP contribution in [0.25, 0.3) is 10.8 Å². The van der Waals surface area contributed by atoms with E-state index in [0.29, 0.717) is 5.39 Å². The third-order valence-corrected chi connectivity index (χ3v) is 5.29. The Hall–Kier alpha value is -0.480. The summed E-state index contributed by atoms with van der Waals surface area (Å²) in [6.45, 7) is 5.04. The minimum absolute atomic E-state index is 0. The van der Waals surface area contributed by atoms with Crippen molar-refractivity contribution in [1.29, 1.82) is 0 Å². The molecule has 0 fully saturated rings. The molecule has 2 aromatic carbocycles. The summed E-state index contributed by atoms with van der Waals surface area (Å²) in [4.78, 5) is -1.57. The van der Waals surface area contributed by atoms with E-state index in [-0.39, 0.29) is 40.5 Å². The summed E-state index contributed by atoms with van der Waals surface area (Å²) in [5.74, 6) is 0. The molecule has 6 nitrogen and oxygen atoms in total. The van der Waals surface area contributed by atoms with E-state index < -0.39 is 35.4 Å². The molecule has 0 spiro atoms. The Morgan fingerprint density at radius 3 is 1.78 bits per heavy atom. The quantitative estimate of drug-likeness (QED) is 0.620. The third kappa shape index (κ3) is 4.14. The van der Waals surface area contributed by atoms with Crippen molar-refractivity contribution >= 4 is 60.6 Å². The average molecular weight is 368 g/mol. The molecule has 0 atom stereocenters. The number of rotatable bonds is 2. The number of fused-ring (bicyclic) bond motifs is 1. The summed E-state index contributed by atoms with van der Waals surface area (Å²) >= 11 is 0. The molecule has 2 aromatic rings. The van der Waals surface area contributed by atoms with Gasteiger partial charge in [-0.05, 0) is 22.4 Å². The van der Waals surface area contributed by atoms with Gasteiger partial charge in [0.1, 0.15) is 9.79 Å². The Kier molecular flexibility index (Phi) is 5.76. The molecular formula is C14H17NaO6S2. The van der Waals surface area contributed by atoms with E-state index in [1.54, 1.807) is 32.9 Å². The predicted molar refractivity (Wildman–Crippen MR) is 89.4 cm³/mol. The number of hydrogen-bond acceptors (Lipinski definition) is 4. The van der Waals surface area contributed by atoms with Crippen LogP contribution in [0.3, 0.4) is 0 Å². The SMILES string of the molecule is CC(C)(C)c1cc2ccccc2c(S(=O)(=O)O)c1S(=O)(=O)O.[NaH]. The van der Waals surface area contributed by atoms with Crippen LogP contribution in [0.1, 0.15) is 26.3 Å². The van der Waals surface area contributed by atoms with Crippen molar-refractivity contribution in [2.45, 2.75) is 36.0 Å². The van der Waals surface area contributed by atoms with Crippen LogP contribution in [0.15, 0.2) is 40.1 Å². The van der Waals surface area contributed by atoms with Gasteiger partial charge in [-0.25, -0.2) is 0 Å². The zero-order valence-electron chi connectivity index (χ0n) is 12.2. The fourth-order valence-electron chi connectivity index (χ4n) is 2.36. The average Bonchev–Trinajstić information content (AvgIpc) is 2.33. The molecule has 0 bridgehead atoms. The molecule has 0 saturated carbocycles. The molecule has 122 valence electrons. The van der Waals surface area contributed by atoms with E-state index in [2.05, 4.69) is 0 Å². The van der Waals surface area contributed by atoms with Crippen molar-refractivity contribution in [3.63, 3.8) is 0 Å². The van der Waals surface area contributed by atoms with Crippen LogP contribution in [0, 0.1) is 0 Å². The Labute approximate surface area is 157 Å². The van der Waals surface area contributed by atoms with Crippen LogP contribution < -0.4 is 0 Å². The van der Waals surface area contributed by atoms with Crippen molar-refractivity contribution < 1.29 is 25.9 Å². The Bertz CT molecular complexity index is 957.